The van der Waals surface area contributed by atoms with Gasteiger partial charge in [0.1, 0.15) is 0 Å². The van der Waals surface area contributed by atoms with Crippen molar-refractivity contribution >= 4 is 17.5 Å². The van der Waals surface area contributed by atoms with Crippen molar-refractivity contribution < 1.29 is 9.53 Å². The van der Waals surface area contributed by atoms with Crippen LogP contribution in [0.4, 0.5) is 0 Å². The quantitative estimate of drug-likeness (QED) is 0.734. The van der Waals surface area contributed by atoms with Crippen molar-refractivity contribution in [1.29, 1.82) is 0 Å². The van der Waals surface area contributed by atoms with E-state index in [-0.39, 0.29) is 11.3 Å². The molecule has 1 atom stereocenters. The fourth-order valence-electron chi connectivity index (χ4n) is 1.33. The fraction of sp³-hybridized carbons (Fsp3) is 0.455. The van der Waals surface area contributed by atoms with Crippen LogP contribution in [0.3, 0.4) is 0 Å². The van der Waals surface area contributed by atoms with Gasteiger partial charge < -0.3 is 9.64 Å². The number of nitrogens with zero attached hydrogens (tertiary/aromatic N) is 2. The van der Waals surface area contributed by atoms with Crippen molar-refractivity contribution in [1.82, 2.24) is 9.88 Å². The average molecular weight is 243 g/mol. The molecule has 1 rings (SSSR count). The van der Waals surface area contributed by atoms with E-state index in [2.05, 4.69) is 4.98 Å². The number of amides is 1. The van der Waals surface area contributed by atoms with Gasteiger partial charge in [0.05, 0.1) is 12.0 Å². The van der Waals surface area contributed by atoms with Crippen LogP contribution in [-0.2, 0) is 4.74 Å². The van der Waals surface area contributed by atoms with Crippen molar-refractivity contribution in [2.24, 2.45) is 0 Å². The van der Waals surface area contributed by atoms with Gasteiger partial charge in [0, 0.05) is 38.7 Å². The zero-order valence-electron chi connectivity index (χ0n) is 9.39. The number of alkyl halides is 1. The van der Waals surface area contributed by atoms with Crippen LogP contribution < -0.4 is 0 Å². The number of aromatic nitrogens is 1. The monoisotopic (exact) mass is 242 g/mol. The van der Waals surface area contributed by atoms with Crippen LogP contribution in [0.2, 0.25) is 0 Å². The van der Waals surface area contributed by atoms with Gasteiger partial charge in [0.25, 0.3) is 5.91 Å². The molecule has 0 aromatic carbocycles. The molecule has 1 aromatic rings. The third kappa shape index (κ3) is 3.79. The molecular weight excluding hydrogens is 228 g/mol. The van der Waals surface area contributed by atoms with E-state index in [1.54, 1.807) is 43.6 Å². The molecule has 0 aliphatic heterocycles. The summed E-state index contributed by atoms with van der Waals surface area (Å²) < 4.78 is 4.91. The summed E-state index contributed by atoms with van der Waals surface area (Å²) in [5, 5.41) is -0.194. The number of ether oxygens (including phenoxy) is 1. The Morgan fingerprint density at radius 1 is 1.56 bits per heavy atom. The topological polar surface area (TPSA) is 42.4 Å². The predicted molar refractivity (Wildman–Crippen MR) is 62.7 cm³/mol. The molecule has 5 heteroatoms. The number of hydrogen-bond donors (Lipinski definition) is 0. The maximum absolute atomic E-state index is 11.9. The lowest BCUT2D eigenvalue weighted by Crippen LogP contribution is -2.33. The molecule has 0 fully saturated rings. The Kier molecular flexibility index (Phi) is 5.22. The minimum absolute atomic E-state index is 0.0656. The molecule has 1 unspecified atom stereocenters. The molecule has 1 heterocycles. The number of hydrogen-bond acceptors (Lipinski definition) is 3. The third-order valence-electron chi connectivity index (χ3n) is 2.09. The Morgan fingerprint density at radius 3 is 2.75 bits per heavy atom. The number of rotatable bonds is 5. The third-order valence-corrected chi connectivity index (χ3v) is 2.36. The fourth-order valence-corrected chi connectivity index (χ4v) is 1.66. The first-order chi connectivity index (χ1) is 7.65. The Bertz CT molecular complexity index is 332. The zero-order valence-corrected chi connectivity index (χ0v) is 10.1. The molecule has 16 heavy (non-hydrogen) atoms. The van der Waals surface area contributed by atoms with E-state index in [9.17, 15) is 4.79 Å². The van der Waals surface area contributed by atoms with E-state index in [1.807, 2.05) is 0 Å². The van der Waals surface area contributed by atoms with Crippen LogP contribution in [-0.4, -0.2) is 48.5 Å². The number of carbonyl (C=O) groups excluding carboxylic acids is 1. The lowest BCUT2D eigenvalue weighted by atomic mass is 10.2. The number of carbonyl (C=O) groups is 1. The van der Waals surface area contributed by atoms with Gasteiger partial charge in [-0.05, 0) is 12.1 Å². The highest BCUT2D eigenvalue weighted by Crippen LogP contribution is 2.05. The Balaban J connectivity index is 2.55. The minimum Gasteiger partial charge on any atom is -0.383 e. The summed E-state index contributed by atoms with van der Waals surface area (Å²) in [7, 11) is 3.30. The molecular formula is C11H15ClN2O2. The van der Waals surface area contributed by atoms with Crippen molar-refractivity contribution in [2.75, 3.05) is 27.3 Å². The summed E-state index contributed by atoms with van der Waals surface area (Å²) in [5.41, 5.74) is 0.610. The SMILES string of the molecule is COCC(Cl)CN(C)C(=O)c1ccncc1. The lowest BCUT2D eigenvalue weighted by molar-refractivity contribution is 0.0781. The van der Waals surface area contributed by atoms with Gasteiger partial charge in [0.15, 0.2) is 0 Å². The zero-order chi connectivity index (χ0) is 12.0. The first-order valence-corrected chi connectivity index (χ1v) is 5.37. The number of pyridine rings is 1. The minimum atomic E-state index is -0.194. The molecule has 0 saturated heterocycles. The van der Waals surface area contributed by atoms with Crippen LogP contribution >= 0.6 is 11.6 Å². The Hall–Kier alpha value is -1.13. The maximum atomic E-state index is 11.9. The molecule has 0 saturated carbocycles. The lowest BCUT2D eigenvalue weighted by Gasteiger charge is -2.19. The van der Waals surface area contributed by atoms with E-state index in [1.165, 1.54) is 0 Å². The smallest absolute Gasteiger partial charge is 0.253 e. The van der Waals surface area contributed by atoms with Crippen LogP contribution in [0.15, 0.2) is 24.5 Å². The number of halogens is 1. The second-order valence-corrected chi connectivity index (χ2v) is 4.09. The molecule has 0 aliphatic rings. The van der Waals surface area contributed by atoms with Crippen LogP contribution in [0, 0.1) is 0 Å². The summed E-state index contributed by atoms with van der Waals surface area (Å²) >= 11 is 5.98. The second-order valence-electron chi connectivity index (χ2n) is 3.47. The summed E-state index contributed by atoms with van der Waals surface area (Å²) in [4.78, 5) is 17.3. The van der Waals surface area contributed by atoms with E-state index in [0.717, 1.165) is 0 Å². The van der Waals surface area contributed by atoms with Gasteiger partial charge in [0.2, 0.25) is 0 Å². The summed E-state index contributed by atoms with van der Waals surface area (Å²) in [6.45, 7) is 0.881. The maximum Gasteiger partial charge on any atom is 0.253 e. The van der Waals surface area contributed by atoms with Gasteiger partial charge in [-0.1, -0.05) is 0 Å². The normalized spacial score (nSPS) is 12.2. The molecule has 88 valence electrons. The molecule has 1 aromatic heterocycles. The first-order valence-electron chi connectivity index (χ1n) is 4.93. The molecule has 0 bridgehead atoms. The molecule has 1 amide bonds. The molecule has 0 spiro atoms. The summed E-state index contributed by atoms with van der Waals surface area (Å²) in [6, 6.07) is 3.36. The van der Waals surface area contributed by atoms with Crippen molar-refractivity contribution in [3.05, 3.63) is 30.1 Å². The largest absolute Gasteiger partial charge is 0.383 e. The predicted octanol–water partition coefficient (Wildman–Crippen LogP) is 1.41. The van der Waals surface area contributed by atoms with Gasteiger partial charge >= 0.3 is 0 Å². The Labute approximate surface area is 100 Å². The van der Waals surface area contributed by atoms with Gasteiger partial charge in [-0.15, -0.1) is 11.6 Å². The molecule has 0 aliphatic carbocycles. The van der Waals surface area contributed by atoms with Crippen LogP contribution in [0.1, 0.15) is 10.4 Å². The van der Waals surface area contributed by atoms with E-state index in [4.69, 9.17) is 16.3 Å². The van der Waals surface area contributed by atoms with E-state index in [0.29, 0.717) is 18.7 Å². The highest BCUT2D eigenvalue weighted by Gasteiger charge is 2.15. The van der Waals surface area contributed by atoms with Gasteiger partial charge in [-0.25, -0.2) is 0 Å². The molecule has 0 N–H and O–H groups in total. The first kappa shape index (κ1) is 12.9. The van der Waals surface area contributed by atoms with Crippen molar-refractivity contribution in [3.63, 3.8) is 0 Å². The van der Waals surface area contributed by atoms with Gasteiger partial charge in [-0.2, -0.15) is 0 Å². The van der Waals surface area contributed by atoms with Gasteiger partial charge in [-0.3, -0.25) is 9.78 Å². The van der Waals surface area contributed by atoms with Crippen molar-refractivity contribution in [3.8, 4) is 0 Å². The van der Waals surface area contributed by atoms with E-state index >= 15 is 0 Å². The summed E-state index contributed by atoms with van der Waals surface area (Å²) in [6.07, 6.45) is 3.18. The standard InChI is InChI=1S/C11H15ClN2O2/c1-14(7-10(12)8-16-2)11(15)9-3-5-13-6-4-9/h3-6,10H,7-8H2,1-2H3. The average Bonchev–Trinajstić information content (AvgIpc) is 2.29. The Morgan fingerprint density at radius 2 is 2.19 bits per heavy atom. The molecule has 0 radical (unpaired) electrons. The highest BCUT2D eigenvalue weighted by molar-refractivity contribution is 6.21. The van der Waals surface area contributed by atoms with E-state index < -0.39 is 0 Å². The highest BCUT2D eigenvalue weighted by atomic mass is 35.5. The van der Waals surface area contributed by atoms with Crippen LogP contribution in [0.25, 0.3) is 0 Å². The second kappa shape index (κ2) is 6.45. The molecule has 4 nitrogen and oxygen atoms in total. The van der Waals surface area contributed by atoms with Crippen molar-refractivity contribution in [2.45, 2.75) is 5.38 Å². The number of methoxy groups -OCH3 is 1. The van der Waals surface area contributed by atoms with Crippen LogP contribution in [0.5, 0.6) is 0 Å². The summed E-state index contributed by atoms with van der Waals surface area (Å²) in [5.74, 6) is -0.0656.